The van der Waals surface area contributed by atoms with Gasteiger partial charge in [0.15, 0.2) is 0 Å². The summed E-state index contributed by atoms with van der Waals surface area (Å²) in [7, 11) is 0. The van der Waals surface area contributed by atoms with Crippen molar-refractivity contribution in [3.63, 3.8) is 0 Å². The van der Waals surface area contributed by atoms with Gasteiger partial charge in [0.2, 0.25) is 0 Å². The Hall–Kier alpha value is -0.860. The molecule has 2 N–H and O–H groups in total. The Morgan fingerprint density at radius 2 is 2.33 bits per heavy atom. The smallest absolute Gasteiger partial charge is 0.311 e. The summed E-state index contributed by atoms with van der Waals surface area (Å²) < 4.78 is 0.529. The first-order valence-electron chi connectivity index (χ1n) is 5.19. The van der Waals surface area contributed by atoms with E-state index in [1.165, 1.54) is 24.2 Å². The number of nitro groups is 1. The van der Waals surface area contributed by atoms with E-state index in [9.17, 15) is 15.2 Å². The van der Waals surface area contributed by atoms with Crippen LogP contribution in [0.1, 0.15) is 6.92 Å². The van der Waals surface area contributed by atoms with Gasteiger partial charge >= 0.3 is 5.69 Å². The molecule has 1 rings (SSSR count). The lowest BCUT2D eigenvalue weighted by Gasteiger charge is -2.22. The van der Waals surface area contributed by atoms with Crippen molar-refractivity contribution >= 4 is 39.1 Å². The maximum Gasteiger partial charge on any atom is 0.311 e. The molecule has 0 radical (unpaired) electrons. The fourth-order valence-electron chi connectivity index (χ4n) is 1.46. The van der Waals surface area contributed by atoms with Crippen LogP contribution in [0.5, 0.6) is 0 Å². The normalized spacial score (nSPS) is 14.0. The summed E-state index contributed by atoms with van der Waals surface area (Å²) in [6.45, 7) is 1.87. The third-order valence-electron chi connectivity index (χ3n) is 2.49. The van der Waals surface area contributed by atoms with Crippen LogP contribution in [0, 0.1) is 10.1 Å². The van der Waals surface area contributed by atoms with Gasteiger partial charge in [-0.2, -0.15) is 11.8 Å². The van der Waals surface area contributed by atoms with E-state index < -0.39 is 4.92 Å². The molecular weight excluding hydrogens is 322 g/mol. The van der Waals surface area contributed by atoms with Gasteiger partial charge in [-0.1, -0.05) is 0 Å². The maximum atomic E-state index is 10.9. The topological polar surface area (TPSA) is 88.3 Å². The first-order chi connectivity index (χ1) is 8.51. The number of aliphatic hydroxyl groups is 1. The van der Waals surface area contributed by atoms with Crippen molar-refractivity contribution in [2.75, 3.05) is 18.2 Å². The van der Waals surface area contributed by atoms with Crippen LogP contribution in [0.4, 0.5) is 11.4 Å². The largest absolute Gasteiger partial charge is 0.395 e. The Morgan fingerprint density at radius 1 is 1.67 bits per heavy atom. The molecule has 0 amide bonds. The molecule has 0 saturated heterocycles. The first kappa shape index (κ1) is 15.2. The molecule has 6 nitrogen and oxygen atoms in total. The summed E-state index contributed by atoms with van der Waals surface area (Å²) >= 11 is 4.74. The van der Waals surface area contributed by atoms with Crippen molar-refractivity contribution in [3.05, 3.63) is 27.0 Å². The minimum atomic E-state index is -0.486. The van der Waals surface area contributed by atoms with Gasteiger partial charge in [-0.3, -0.25) is 15.1 Å². The lowest BCUT2D eigenvalue weighted by molar-refractivity contribution is -0.384. The number of rotatable bonds is 6. The minimum Gasteiger partial charge on any atom is -0.395 e. The molecule has 0 spiro atoms. The number of thioether (sulfide) groups is 1. The zero-order valence-electron chi connectivity index (χ0n) is 9.96. The van der Waals surface area contributed by atoms with Crippen molar-refractivity contribution in [1.82, 2.24) is 4.98 Å². The van der Waals surface area contributed by atoms with Crippen LogP contribution in [0.3, 0.4) is 0 Å². The number of pyridine rings is 1. The molecule has 18 heavy (non-hydrogen) atoms. The van der Waals surface area contributed by atoms with E-state index in [1.54, 1.807) is 0 Å². The highest BCUT2D eigenvalue weighted by atomic mass is 79.9. The number of aromatic nitrogens is 1. The van der Waals surface area contributed by atoms with Crippen LogP contribution in [0.15, 0.2) is 16.9 Å². The predicted molar refractivity (Wildman–Crippen MR) is 76.1 cm³/mol. The number of hydrogen-bond donors (Lipinski definition) is 2. The van der Waals surface area contributed by atoms with Crippen LogP contribution in [-0.2, 0) is 0 Å². The van der Waals surface area contributed by atoms with Gasteiger partial charge < -0.3 is 10.4 Å². The van der Waals surface area contributed by atoms with Gasteiger partial charge in [-0.25, -0.2) is 0 Å². The van der Waals surface area contributed by atoms with E-state index in [2.05, 4.69) is 26.2 Å². The quantitative estimate of drug-likeness (QED) is 0.612. The second-order valence-corrected chi connectivity index (χ2v) is 5.59. The van der Waals surface area contributed by atoms with Gasteiger partial charge in [0.25, 0.3) is 0 Å². The molecule has 0 bridgehead atoms. The van der Waals surface area contributed by atoms with Crippen LogP contribution in [0.25, 0.3) is 0 Å². The monoisotopic (exact) mass is 335 g/mol. The van der Waals surface area contributed by atoms with E-state index in [0.717, 1.165) is 0 Å². The lowest BCUT2D eigenvalue weighted by Crippen LogP contribution is -2.31. The predicted octanol–water partition coefficient (Wildman–Crippen LogP) is 2.28. The van der Waals surface area contributed by atoms with Crippen LogP contribution >= 0.6 is 27.7 Å². The second-order valence-electron chi connectivity index (χ2n) is 3.66. The standard InChI is InChI=1S/C10H14BrN3O3S/c1-6(9(5-15)18-2)13-10-7(11)3-12-4-8(10)14(16)17/h3-4,6,9,15H,5H2,1-2H3,(H,12,13). The molecule has 0 aliphatic rings. The summed E-state index contributed by atoms with van der Waals surface area (Å²) in [6.07, 6.45) is 4.58. The summed E-state index contributed by atoms with van der Waals surface area (Å²) in [4.78, 5) is 14.2. The summed E-state index contributed by atoms with van der Waals surface area (Å²) in [5, 5.41) is 23.1. The Labute approximate surface area is 117 Å². The van der Waals surface area contributed by atoms with Crippen molar-refractivity contribution in [1.29, 1.82) is 0 Å². The molecule has 0 aromatic carbocycles. The average molecular weight is 336 g/mol. The summed E-state index contributed by atoms with van der Waals surface area (Å²) in [5.41, 5.74) is 0.295. The highest BCUT2D eigenvalue weighted by Crippen LogP contribution is 2.32. The molecule has 0 fully saturated rings. The molecular formula is C10H14BrN3O3S. The molecule has 1 aromatic rings. The third-order valence-corrected chi connectivity index (χ3v) is 4.25. The van der Waals surface area contributed by atoms with Crippen LogP contribution in [-0.4, -0.2) is 39.2 Å². The highest BCUT2D eigenvalue weighted by molar-refractivity contribution is 9.10. The lowest BCUT2D eigenvalue weighted by atomic mass is 10.2. The van der Waals surface area contributed by atoms with Crippen LogP contribution in [0.2, 0.25) is 0 Å². The van der Waals surface area contributed by atoms with Crippen molar-refractivity contribution in [3.8, 4) is 0 Å². The minimum absolute atomic E-state index is 0.00579. The summed E-state index contributed by atoms with van der Waals surface area (Å²) in [6, 6.07) is -0.109. The van der Waals surface area contributed by atoms with Gasteiger partial charge in [0.05, 0.1) is 16.0 Å². The van der Waals surface area contributed by atoms with E-state index in [0.29, 0.717) is 10.2 Å². The maximum absolute atomic E-state index is 10.9. The molecule has 8 heteroatoms. The zero-order valence-corrected chi connectivity index (χ0v) is 12.4. The number of halogens is 1. The molecule has 0 aliphatic heterocycles. The first-order valence-corrected chi connectivity index (χ1v) is 7.27. The molecule has 0 aliphatic carbocycles. The van der Waals surface area contributed by atoms with E-state index in [4.69, 9.17) is 0 Å². The average Bonchev–Trinajstić information content (AvgIpc) is 2.33. The van der Waals surface area contributed by atoms with Gasteiger partial charge in [-0.15, -0.1) is 0 Å². The Morgan fingerprint density at radius 3 is 2.83 bits per heavy atom. The Balaban J connectivity index is 2.99. The van der Waals surface area contributed by atoms with Crippen molar-refractivity contribution < 1.29 is 10.0 Å². The number of aliphatic hydroxyl groups excluding tert-OH is 1. The number of anilines is 1. The van der Waals surface area contributed by atoms with Gasteiger partial charge in [0.1, 0.15) is 11.9 Å². The second kappa shape index (κ2) is 6.91. The molecule has 1 heterocycles. The van der Waals surface area contributed by atoms with Gasteiger partial charge in [0, 0.05) is 17.5 Å². The molecule has 100 valence electrons. The van der Waals surface area contributed by atoms with Gasteiger partial charge in [-0.05, 0) is 29.1 Å². The Bertz CT molecular complexity index is 429. The van der Waals surface area contributed by atoms with E-state index in [1.807, 2.05) is 13.2 Å². The fraction of sp³-hybridized carbons (Fsp3) is 0.500. The molecule has 2 unspecified atom stereocenters. The fourth-order valence-corrected chi connectivity index (χ4v) is 2.52. The van der Waals surface area contributed by atoms with E-state index >= 15 is 0 Å². The van der Waals surface area contributed by atoms with Crippen molar-refractivity contribution in [2.45, 2.75) is 18.2 Å². The Kier molecular flexibility index (Phi) is 5.83. The molecule has 0 saturated carbocycles. The molecule has 2 atom stereocenters. The van der Waals surface area contributed by atoms with E-state index in [-0.39, 0.29) is 23.6 Å². The van der Waals surface area contributed by atoms with Crippen LogP contribution < -0.4 is 5.32 Å². The number of nitrogens with one attached hydrogen (secondary N) is 1. The SMILES string of the molecule is CSC(CO)C(C)Nc1c(Br)cncc1[N+](=O)[O-]. The molecule has 1 aromatic heterocycles. The highest BCUT2D eigenvalue weighted by Gasteiger charge is 2.22. The summed E-state index contributed by atoms with van der Waals surface area (Å²) in [5.74, 6) is 0. The number of nitrogens with zero attached hydrogens (tertiary/aromatic N) is 2. The van der Waals surface area contributed by atoms with Crippen molar-refractivity contribution in [2.24, 2.45) is 0 Å². The number of hydrogen-bond acceptors (Lipinski definition) is 6. The zero-order chi connectivity index (χ0) is 13.7. The third kappa shape index (κ3) is 3.56.